The largest absolute Gasteiger partial charge is 0.297 e. The molecule has 0 aliphatic rings. The number of rotatable bonds is 3. The fourth-order valence-corrected chi connectivity index (χ4v) is 3.25. The number of aryl methyl sites for hydroxylation is 1. The fraction of sp³-hybridized carbons (Fsp3) is 0.0526. The summed E-state index contributed by atoms with van der Waals surface area (Å²) in [6.45, 7) is 1.76. The van der Waals surface area contributed by atoms with Gasteiger partial charge in [-0.15, -0.1) is 0 Å². The molecule has 2 aromatic carbocycles. The van der Waals surface area contributed by atoms with Crippen LogP contribution in [0.3, 0.4) is 0 Å². The van der Waals surface area contributed by atoms with E-state index in [1.807, 2.05) is 30.3 Å². The third-order valence-corrected chi connectivity index (χ3v) is 4.45. The van der Waals surface area contributed by atoms with Crippen LogP contribution in [0.15, 0.2) is 54.6 Å². The number of amides is 1. The van der Waals surface area contributed by atoms with Crippen LogP contribution >= 0.6 is 11.5 Å². The monoisotopic (exact) mass is 364 g/mol. The Labute approximate surface area is 152 Å². The van der Waals surface area contributed by atoms with Gasteiger partial charge in [0.25, 0.3) is 5.91 Å². The third-order valence-electron chi connectivity index (χ3n) is 3.82. The molecule has 0 fully saturated rings. The Morgan fingerprint density at radius 2 is 1.88 bits per heavy atom. The molecule has 0 radical (unpaired) electrons. The summed E-state index contributed by atoms with van der Waals surface area (Å²) in [5.74, 6) is -0.162. The first-order chi connectivity index (χ1) is 12.6. The van der Waals surface area contributed by atoms with Crippen LogP contribution in [0.1, 0.15) is 16.1 Å². The molecule has 4 aromatic rings. The fourth-order valence-electron chi connectivity index (χ4n) is 2.67. The summed E-state index contributed by atoms with van der Waals surface area (Å²) in [5.41, 5.74) is 2.38. The maximum atomic E-state index is 13.5. The summed E-state index contributed by atoms with van der Waals surface area (Å²) in [6, 6.07) is 15.4. The first-order valence-electron chi connectivity index (χ1n) is 7.87. The highest BCUT2D eigenvalue weighted by Crippen LogP contribution is 2.23. The second-order valence-corrected chi connectivity index (χ2v) is 6.47. The van der Waals surface area contributed by atoms with Crippen LogP contribution in [-0.4, -0.2) is 20.2 Å². The van der Waals surface area contributed by atoms with Gasteiger partial charge < -0.3 is 0 Å². The standard InChI is InChI=1S/C19H13FN4OS/c1-11-9-15(14-8-7-13(20)10-16(14)21-11)18(25)23-19-22-17(24-26-19)12-5-3-2-4-6-12/h2-10H,1H3,(H,22,23,24,25). The van der Waals surface area contributed by atoms with Gasteiger partial charge in [0.1, 0.15) is 5.82 Å². The van der Waals surface area contributed by atoms with Crippen LogP contribution in [0, 0.1) is 12.7 Å². The summed E-state index contributed by atoms with van der Waals surface area (Å²) >= 11 is 1.11. The number of carbonyl (C=O) groups is 1. The van der Waals surface area contributed by atoms with Crippen molar-refractivity contribution in [3.8, 4) is 11.4 Å². The molecule has 0 saturated heterocycles. The lowest BCUT2D eigenvalue weighted by atomic mass is 10.1. The van der Waals surface area contributed by atoms with Crippen molar-refractivity contribution in [3.05, 3.63) is 71.7 Å². The molecule has 4 rings (SSSR count). The Morgan fingerprint density at radius 3 is 2.69 bits per heavy atom. The number of benzene rings is 2. The lowest BCUT2D eigenvalue weighted by Crippen LogP contribution is -2.13. The quantitative estimate of drug-likeness (QED) is 0.583. The van der Waals surface area contributed by atoms with Crippen LogP contribution in [0.25, 0.3) is 22.3 Å². The summed E-state index contributed by atoms with van der Waals surface area (Å²) in [5, 5.41) is 3.75. The van der Waals surface area contributed by atoms with E-state index < -0.39 is 5.82 Å². The number of nitrogens with one attached hydrogen (secondary N) is 1. The highest BCUT2D eigenvalue weighted by atomic mass is 32.1. The first kappa shape index (κ1) is 16.3. The van der Waals surface area contributed by atoms with Crippen LogP contribution in [0.4, 0.5) is 9.52 Å². The molecule has 0 spiro atoms. The number of aromatic nitrogens is 3. The molecule has 0 unspecified atom stereocenters. The van der Waals surface area contributed by atoms with Gasteiger partial charge >= 0.3 is 0 Å². The van der Waals surface area contributed by atoms with Crippen LogP contribution < -0.4 is 5.32 Å². The highest BCUT2D eigenvalue weighted by Gasteiger charge is 2.15. The van der Waals surface area contributed by atoms with Gasteiger partial charge in [-0.25, -0.2) is 4.39 Å². The van der Waals surface area contributed by atoms with Gasteiger partial charge in [0.2, 0.25) is 5.13 Å². The molecule has 0 bridgehead atoms. The van der Waals surface area contributed by atoms with E-state index in [0.29, 0.717) is 33.1 Å². The van der Waals surface area contributed by atoms with Crippen LogP contribution in [-0.2, 0) is 0 Å². The van der Waals surface area contributed by atoms with Gasteiger partial charge in [-0.2, -0.15) is 9.36 Å². The van der Waals surface area contributed by atoms with Crippen molar-refractivity contribution in [1.29, 1.82) is 0 Å². The number of hydrogen-bond acceptors (Lipinski definition) is 5. The van der Waals surface area contributed by atoms with E-state index in [2.05, 4.69) is 19.7 Å². The molecular formula is C19H13FN4OS. The number of pyridine rings is 1. The third kappa shape index (κ3) is 3.16. The average Bonchev–Trinajstić information content (AvgIpc) is 3.10. The molecule has 0 atom stereocenters. The Bertz CT molecular complexity index is 1110. The zero-order valence-corrected chi connectivity index (χ0v) is 14.5. The first-order valence-corrected chi connectivity index (χ1v) is 8.65. The zero-order chi connectivity index (χ0) is 18.1. The van der Waals surface area contributed by atoms with Gasteiger partial charge in [-0.3, -0.25) is 15.1 Å². The predicted molar refractivity (Wildman–Crippen MR) is 99.7 cm³/mol. The number of halogens is 1. The number of carbonyl (C=O) groups excluding carboxylic acids is 1. The Balaban J connectivity index is 1.65. The molecule has 1 N–H and O–H groups in total. The van der Waals surface area contributed by atoms with Gasteiger partial charge in [0.15, 0.2) is 5.82 Å². The van der Waals surface area contributed by atoms with E-state index in [-0.39, 0.29) is 5.91 Å². The SMILES string of the molecule is Cc1cc(C(=O)Nc2nc(-c3ccccc3)ns2)c2ccc(F)cc2n1. The Hall–Kier alpha value is -3.19. The van der Waals surface area contributed by atoms with Crippen molar-refractivity contribution < 1.29 is 9.18 Å². The summed E-state index contributed by atoms with van der Waals surface area (Å²) in [6.07, 6.45) is 0. The minimum absolute atomic E-state index is 0.331. The topological polar surface area (TPSA) is 67.8 Å². The molecule has 26 heavy (non-hydrogen) atoms. The van der Waals surface area contributed by atoms with Crippen molar-refractivity contribution in [3.63, 3.8) is 0 Å². The van der Waals surface area contributed by atoms with Crippen molar-refractivity contribution in [2.24, 2.45) is 0 Å². The number of hydrogen-bond donors (Lipinski definition) is 1. The van der Waals surface area contributed by atoms with Gasteiger partial charge in [0.05, 0.1) is 11.1 Å². The number of nitrogens with zero attached hydrogens (tertiary/aromatic N) is 3. The summed E-state index contributed by atoms with van der Waals surface area (Å²) in [7, 11) is 0. The molecule has 7 heteroatoms. The van der Waals surface area contributed by atoms with Crippen LogP contribution in [0.5, 0.6) is 0 Å². The number of fused-ring (bicyclic) bond motifs is 1. The Kier molecular flexibility index (Phi) is 4.14. The van der Waals surface area contributed by atoms with E-state index in [0.717, 1.165) is 17.1 Å². The van der Waals surface area contributed by atoms with Gasteiger partial charge in [-0.05, 0) is 25.1 Å². The van der Waals surface area contributed by atoms with Crippen molar-refractivity contribution in [1.82, 2.24) is 14.3 Å². The summed E-state index contributed by atoms with van der Waals surface area (Å²) in [4.78, 5) is 21.4. The normalized spacial score (nSPS) is 10.8. The van der Waals surface area contributed by atoms with E-state index >= 15 is 0 Å². The minimum atomic E-state index is -0.390. The van der Waals surface area contributed by atoms with Crippen LogP contribution in [0.2, 0.25) is 0 Å². The zero-order valence-electron chi connectivity index (χ0n) is 13.7. The molecule has 0 aliphatic carbocycles. The maximum Gasteiger partial charge on any atom is 0.258 e. The van der Waals surface area contributed by atoms with Gasteiger partial charge in [0, 0.05) is 34.2 Å². The maximum absolute atomic E-state index is 13.5. The molecule has 128 valence electrons. The van der Waals surface area contributed by atoms with E-state index in [1.54, 1.807) is 19.1 Å². The second kappa shape index (κ2) is 6.61. The summed E-state index contributed by atoms with van der Waals surface area (Å²) < 4.78 is 17.7. The molecule has 2 heterocycles. The predicted octanol–water partition coefficient (Wildman–Crippen LogP) is 4.45. The second-order valence-electron chi connectivity index (χ2n) is 5.72. The average molecular weight is 364 g/mol. The lowest BCUT2D eigenvalue weighted by Gasteiger charge is -2.07. The smallest absolute Gasteiger partial charge is 0.258 e. The van der Waals surface area contributed by atoms with E-state index in [4.69, 9.17) is 0 Å². The van der Waals surface area contributed by atoms with E-state index in [1.165, 1.54) is 12.1 Å². The van der Waals surface area contributed by atoms with Crippen molar-refractivity contribution in [2.45, 2.75) is 6.92 Å². The molecule has 2 aromatic heterocycles. The molecule has 1 amide bonds. The highest BCUT2D eigenvalue weighted by molar-refractivity contribution is 7.10. The molecular weight excluding hydrogens is 351 g/mol. The van der Waals surface area contributed by atoms with Crippen molar-refractivity contribution >= 4 is 33.5 Å². The van der Waals surface area contributed by atoms with Gasteiger partial charge in [-0.1, -0.05) is 30.3 Å². The lowest BCUT2D eigenvalue weighted by molar-refractivity contribution is 0.102. The molecule has 0 aliphatic heterocycles. The molecule has 5 nitrogen and oxygen atoms in total. The van der Waals surface area contributed by atoms with E-state index in [9.17, 15) is 9.18 Å². The number of anilines is 1. The minimum Gasteiger partial charge on any atom is -0.297 e. The Morgan fingerprint density at radius 1 is 1.08 bits per heavy atom. The molecule has 0 saturated carbocycles. The van der Waals surface area contributed by atoms with Crippen molar-refractivity contribution in [2.75, 3.05) is 5.32 Å².